The van der Waals surface area contributed by atoms with E-state index in [1.165, 1.54) is 7.11 Å². The molecule has 2 rings (SSSR count). The van der Waals surface area contributed by atoms with Crippen molar-refractivity contribution in [2.24, 2.45) is 0 Å². The van der Waals surface area contributed by atoms with Gasteiger partial charge in [-0.3, -0.25) is 0 Å². The molecule has 1 N–H and O–H groups in total. The van der Waals surface area contributed by atoms with Crippen molar-refractivity contribution < 1.29 is 17.9 Å². The molecule has 1 amide bonds. The van der Waals surface area contributed by atoms with Gasteiger partial charge in [-0.2, -0.15) is 0 Å². The Morgan fingerprint density at radius 2 is 1.95 bits per heavy atom. The summed E-state index contributed by atoms with van der Waals surface area (Å²) in [5, 5.41) is 3.32. The zero-order valence-corrected chi connectivity index (χ0v) is 13.0. The Bertz CT molecular complexity index is 681. The van der Waals surface area contributed by atoms with E-state index in [4.69, 9.17) is 0 Å². The van der Waals surface area contributed by atoms with Crippen LogP contribution in [0, 0.1) is 0 Å². The number of carbonyl (C=O) groups excluding carboxylic acids is 1. The van der Waals surface area contributed by atoms with Crippen LogP contribution >= 0.6 is 11.3 Å². The van der Waals surface area contributed by atoms with Crippen LogP contribution in [0.2, 0.25) is 0 Å². The second-order valence-electron chi connectivity index (χ2n) is 4.25. The summed E-state index contributed by atoms with van der Waals surface area (Å²) in [4.78, 5) is 11.2. The topological polar surface area (TPSA) is 72.5 Å². The predicted octanol–water partition coefficient (Wildman–Crippen LogP) is 2.62. The van der Waals surface area contributed by atoms with Crippen LogP contribution < -0.4 is 5.32 Å². The lowest BCUT2D eigenvalue weighted by atomic mass is 10.1. The first-order chi connectivity index (χ1) is 10.1. The van der Waals surface area contributed by atoms with Gasteiger partial charge in [0.05, 0.1) is 7.11 Å². The van der Waals surface area contributed by atoms with Crippen LogP contribution in [0.3, 0.4) is 0 Å². The molecule has 0 aliphatic carbocycles. The molecule has 5 nitrogen and oxygen atoms in total. The molecule has 1 aromatic carbocycles. The lowest BCUT2D eigenvalue weighted by Gasteiger charge is -2.17. The first-order valence-electron chi connectivity index (χ1n) is 6.20. The summed E-state index contributed by atoms with van der Waals surface area (Å²) < 4.78 is 30.2. The first kappa shape index (κ1) is 15.5. The highest BCUT2D eigenvalue weighted by atomic mass is 32.2. The van der Waals surface area contributed by atoms with Gasteiger partial charge in [0.15, 0.2) is 9.84 Å². The maximum Gasteiger partial charge on any atom is 0.406 e. The molecule has 1 aromatic heterocycles. The van der Waals surface area contributed by atoms with Gasteiger partial charge in [-0.25, -0.2) is 13.2 Å². The summed E-state index contributed by atoms with van der Waals surface area (Å²) >= 11 is 1.16. The fraction of sp³-hybridized carbons (Fsp3) is 0.214. The van der Waals surface area contributed by atoms with Crippen LogP contribution in [-0.2, 0) is 14.6 Å². The molecular formula is C14H15NO4S2. The molecule has 0 radical (unpaired) electrons. The van der Waals surface area contributed by atoms with E-state index < -0.39 is 21.2 Å². The van der Waals surface area contributed by atoms with Gasteiger partial charge in [0.1, 0.15) is 9.46 Å². The number of hydrogen-bond acceptors (Lipinski definition) is 5. The molecule has 0 fully saturated rings. The lowest BCUT2D eigenvalue weighted by molar-refractivity contribution is 0.171. The predicted molar refractivity (Wildman–Crippen MR) is 81.1 cm³/mol. The third-order valence-electron chi connectivity index (χ3n) is 2.94. The fourth-order valence-corrected chi connectivity index (χ4v) is 4.76. The molecule has 0 aliphatic heterocycles. The van der Waals surface area contributed by atoms with Crippen molar-refractivity contribution in [3.8, 4) is 0 Å². The second-order valence-corrected chi connectivity index (χ2v) is 7.55. The van der Waals surface area contributed by atoms with E-state index in [1.807, 2.05) is 6.07 Å². The van der Waals surface area contributed by atoms with Gasteiger partial charge in [-0.05, 0) is 17.0 Å². The Balaban J connectivity index is 2.34. The molecule has 0 saturated heterocycles. The molecule has 0 saturated carbocycles. The number of sulfone groups is 1. The number of hydrogen-bond donors (Lipinski definition) is 1. The Kier molecular flexibility index (Phi) is 4.98. The molecule has 1 atom stereocenters. The van der Waals surface area contributed by atoms with Crippen LogP contribution in [0.15, 0.2) is 52.1 Å². The van der Waals surface area contributed by atoms with Gasteiger partial charge in [0, 0.05) is 6.54 Å². The quantitative estimate of drug-likeness (QED) is 0.917. The third-order valence-corrected chi connectivity index (χ3v) is 6.47. The molecular weight excluding hydrogens is 310 g/mol. The molecule has 0 aliphatic rings. The van der Waals surface area contributed by atoms with Crippen molar-refractivity contribution in [3.05, 3.63) is 53.4 Å². The van der Waals surface area contributed by atoms with E-state index >= 15 is 0 Å². The van der Waals surface area contributed by atoms with Crippen molar-refractivity contribution in [2.75, 3.05) is 13.7 Å². The average Bonchev–Trinajstić information content (AvgIpc) is 3.03. The summed E-state index contributed by atoms with van der Waals surface area (Å²) in [6, 6.07) is 12.1. The van der Waals surface area contributed by atoms with Gasteiger partial charge >= 0.3 is 6.09 Å². The molecule has 21 heavy (non-hydrogen) atoms. The van der Waals surface area contributed by atoms with E-state index in [-0.39, 0.29) is 10.8 Å². The summed E-state index contributed by atoms with van der Waals surface area (Å²) in [5.74, 6) is 0. The maximum absolute atomic E-state index is 12.7. The minimum atomic E-state index is -3.57. The van der Waals surface area contributed by atoms with Gasteiger partial charge in [0.2, 0.25) is 0 Å². The molecule has 0 spiro atoms. The Hall–Kier alpha value is -1.86. The van der Waals surface area contributed by atoms with E-state index in [0.29, 0.717) is 5.56 Å². The number of methoxy groups -OCH3 is 1. The zero-order chi connectivity index (χ0) is 15.3. The smallest absolute Gasteiger partial charge is 0.406 e. The van der Waals surface area contributed by atoms with Crippen molar-refractivity contribution in [1.82, 2.24) is 5.32 Å². The lowest BCUT2D eigenvalue weighted by Crippen LogP contribution is -2.31. The van der Waals surface area contributed by atoms with Gasteiger partial charge in [0.25, 0.3) is 0 Å². The number of nitrogens with one attached hydrogen (secondary N) is 1. The Morgan fingerprint density at radius 3 is 2.52 bits per heavy atom. The average molecular weight is 325 g/mol. The van der Waals surface area contributed by atoms with Crippen molar-refractivity contribution in [2.45, 2.75) is 9.46 Å². The largest absolute Gasteiger partial charge is 0.453 e. The number of carbonyl (C=O) groups is 1. The van der Waals surface area contributed by atoms with Gasteiger partial charge in [-0.1, -0.05) is 36.4 Å². The Morgan fingerprint density at radius 1 is 1.24 bits per heavy atom. The summed E-state index contributed by atoms with van der Waals surface area (Å²) in [5.41, 5.74) is 0.627. The van der Waals surface area contributed by atoms with Crippen molar-refractivity contribution >= 4 is 27.3 Å². The Labute approximate surface area is 127 Å². The number of rotatable bonds is 5. The standard InChI is InChI=1S/C14H15NO4S2/c1-19-14(16)15-10-12(11-6-3-2-4-7-11)21(17,18)13-8-5-9-20-13/h2-9,12H,10H2,1H3,(H,15,16). The molecule has 2 aromatic rings. The van der Waals surface area contributed by atoms with Crippen LogP contribution in [-0.4, -0.2) is 28.2 Å². The SMILES string of the molecule is COC(=O)NCC(c1ccccc1)S(=O)(=O)c1cccs1. The van der Waals surface area contributed by atoms with Crippen LogP contribution in [0.1, 0.15) is 10.8 Å². The van der Waals surface area contributed by atoms with Crippen LogP contribution in [0.5, 0.6) is 0 Å². The van der Waals surface area contributed by atoms with Gasteiger partial charge < -0.3 is 10.1 Å². The minimum Gasteiger partial charge on any atom is -0.453 e. The summed E-state index contributed by atoms with van der Waals surface area (Å²) in [6.07, 6.45) is -0.655. The zero-order valence-electron chi connectivity index (χ0n) is 11.4. The normalized spacial score (nSPS) is 12.6. The molecule has 1 unspecified atom stereocenters. The van der Waals surface area contributed by atoms with Crippen LogP contribution in [0.4, 0.5) is 4.79 Å². The second kappa shape index (κ2) is 6.73. The number of alkyl carbamates (subject to hydrolysis) is 1. The first-order valence-corrected chi connectivity index (χ1v) is 8.62. The maximum atomic E-state index is 12.7. The van der Waals surface area contributed by atoms with Gasteiger partial charge in [-0.15, -0.1) is 11.3 Å². The van der Waals surface area contributed by atoms with E-state index in [9.17, 15) is 13.2 Å². The monoisotopic (exact) mass is 325 g/mol. The number of amides is 1. The molecule has 7 heteroatoms. The number of thiophene rings is 1. The third kappa shape index (κ3) is 3.62. The van der Waals surface area contributed by atoms with E-state index in [1.54, 1.807) is 41.8 Å². The summed E-state index contributed by atoms with van der Waals surface area (Å²) in [7, 11) is -2.33. The summed E-state index contributed by atoms with van der Waals surface area (Å²) in [6.45, 7) is -0.0447. The van der Waals surface area contributed by atoms with E-state index in [2.05, 4.69) is 10.1 Å². The van der Waals surface area contributed by atoms with E-state index in [0.717, 1.165) is 11.3 Å². The fourth-order valence-electron chi connectivity index (χ4n) is 1.89. The molecule has 0 bridgehead atoms. The van der Waals surface area contributed by atoms with Crippen molar-refractivity contribution in [1.29, 1.82) is 0 Å². The number of ether oxygens (including phenoxy) is 1. The highest BCUT2D eigenvalue weighted by molar-refractivity contribution is 7.93. The van der Waals surface area contributed by atoms with Crippen molar-refractivity contribution in [3.63, 3.8) is 0 Å². The molecule has 112 valence electrons. The minimum absolute atomic E-state index is 0.0447. The highest BCUT2D eigenvalue weighted by Gasteiger charge is 2.30. The molecule has 1 heterocycles. The highest BCUT2D eigenvalue weighted by Crippen LogP contribution is 2.30. The van der Waals surface area contributed by atoms with Crippen LogP contribution in [0.25, 0.3) is 0 Å². The number of benzene rings is 1.